The first-order valence-corrected chi connectivity index (χ1v) is 5.95. The second kappa shape index (κ2) is 6.79. The molecule has 0 aliphatic rings. The lowest BCUT2D eigenvalue weighted by molar-refractivity contribution is 0.536. The third-order valence-corrected chi connectivity index (χ3v) is 4.30. The first-order chi connectivity index (χ1) is 5.65. The smallest absolute Gasteiger partial charge is 0.0198 e. The van der Waals surface area contributed by atoms with Crippen molar-refractivity contribution in [2.24, 2.45) is 11.7 Å². The standard InChI is InChI=1S/C10H23NS/c1-5-8(3)10(7-11)12-9(4)6-2/h8-10H,5-7,11H2,1-4H3. The SMILES string of the molecule is CCC(C)SC(CN)C(C)CC. The Morgan fingerprint density at radius 2 is 1.75 bits per heavy atom. The first-order valence-electron chi connectivity index (χ1n) is 5.01. The van der Waals surface area contributed by atoms with Crippen LogP contribution >= 0.6 is 11.8 Å². The van der Waals surface area contributed by atoms with Crippen molar-refractivity contribution in [2.45, 2.75) is 51.0 Å². The fourth-order valence-corrected chi connectivity index (χ4v) is 2.44. The Kier molecular flexibility index (Phi) is 6.96. The highest BCUT2D eigenvalue weighted by molar-refractivity contribution is 8.00. The third kappa shape index (κ3) is 4.36. The summed E-state index contributed by atoms with van der Waals surface area (Å²) in [6.45, 7) is 9.89. The summed E-state index contributed by atoms with van der Waals surface area (Å²) < 4.78 is 0. The van der Waals surface area contributed by atoms with E-state index < -0.39 is 0 Å². The van der Waals surface area contributed by atoms with Crippen molar-refractivity contribution in [3.8, 4) is 0 Å². The molecule has 0 rings (SSSR count). The molecule has 3 unspecified atom stereocenters. The van der Waals surface area contributed by atoms with E-state index in [2.05, 4.69) is 39.5 Å². The van der Waals surface area contributed by atoms with Gasteiger partial charge in [-0.2, -0.15) is 11.8 Å². The van der Waals surface area contributed by atoms with E-state index in [1.807, 2.05) is 0 Å². The van der Waals surface area contributed by atoms with E-state index in [0.29, 0.717) is 5.25 Å². The summed E-state index contributed by atoms with van der Waals surface area (Å²) in [5.41, 5.74) is 5.73. The Morgan fingerprint density at radius 3 is 2.08 bits per heavy atom. The molecule has 2 N–H and O–H groups in total. The predicted octanol–water partition coefficient (Wildman–Crippen LogP) is 2.89. The van der Waals surface area contributed by atoms with Crippen molar-refractivity contribution in [3.05, 3.63) is 0 Å². The number of thioether (sulfide) groups is 1. The van der Waals surface area contributed by atoms with Crippen LogP contribution in [0.2, 0.25) is 0 Å². The van der Waals surface area contributed by atoms with Gasteiger partial charge in [0.15, 0.2) is 0 Å². The summed E-state index contributed by atoms with van der Waals surface area (Å²) in [7, 11) is 0. The van der Waals surface area contributed by atoms with Crippen molar-refractivity contribution in [3.63, 3.8) is 0 Å². The Bertz CT molecular complexity index is 106. The van der Waals surface area contributed by atoms with Crippen LogP contribution in [-0.4, -0.2) is 17.0 Å². The van der Waals surface area contributed by atoms with E-state index in [0.717, 1.165) is 17.7 Å². The van der Waals surface area contributed by atoms with Crippen molar-refractivity contribution < 1.29 is 0 Å². The number of hydrogen-bond donors (Lipinski definition) is 1. The monoisotopic (exact) mass is 189 g/mol. The van der Waals surface area contributed by atoms with Crippen LogP contribution in [0.1, 0.15) is 40.5 Å². The molecule has 2 heteroatoms. The van der Waals surface area contributed by atoms with E-state index >= 15 is 0 Å². The Morgan fingerprint density at radius 1 is 1.17 bits per heavy atom. The van der Waals surface area contributed by atoms with Gasteiger partial charge in [-0.15, -0.1) is 0 Å². The van der Waals surface area contributed by atoms with Crippen LogP contribution in [0.3, 0.4) is 0 Å². The van der Waals surface area contributed by atoms with Crippen LogP contribution in [0, 0.1) is 5.92 Å². The Labute approximate surface area is 81.5 Å². The summed E-state index contributed by atoms with van der Waals surface area (Å²) in [4.78, 5) is 0. The second-order valence-electron chi connectivity index (χ2n) is 3.51. The van der Waals surface area contributed by atoms with Crippen LogP contribution < -0.4 is 5.73 Å². The second-order valence-corrected chi connectivity index (χ2v) is 5.20. The molecule has 0 heterocycles. The predicted molar refractivity (Wildman–Crippen MR) is 59.6 cm³/mol. The molecular weight excluding hydrogens is 166 g/mol. The minimum atomic E-state index is 0.657. The zero-order valence-electron chi connectivity index (χ0n) is 8.84. The molecule has 3 atom stereocenters. The van der Waals surface area contributed by atoms with Gasteiger partial charge in [0.25, 0.3) is 0 Å². The number of nitrogens with two attached hydrogens (primary N) is 1. The molecule has 0 aromatic heterocycles. The zero-order chi connectivity index (χ0) is 9.56. The molecule has 0 saturated heterocycles. The van der Waals surface area contributed by atoms with Crippen molar-refractivity contribution >= 4 is 11.8 Å². The van der Waals surface area contributed by atoms with Gasteiger partial charge in [-0.05, 0) is 12.3 Å². The van der Waals surface area contributed by atoms with E-state index in [1.165, 1.54) is 12.8 Å². The molecule has 1 nitrogen and oxygen atoms in total. The molecule has 0 amide bonds. The third-order valence-electron chi connectivity index (χ3n) is 2.49. The van der Waals surface area contributed by atoms with Gasteiger partial charge in [-0.25, -0.2) is 0 Å². The molecule has 0 aromatic carbocycles. The molecule has 0 aliphatic carbocycles. The average Bonchev–Trinajstić information content (AvgIpc) is 2.12. The molecule has 0 aliphatic heterocycles. The van der Waals surface area contributed by atoms with Crippen molar-refractivity contribution in [2.75, 3.05) is 6.54 Å². The lowest BCUT2D eigenvalue weighted by atomic mass is 10.1. The highest BCUT2D eigenvalue weighted by Gasteiger charge is 2.16. The highest BCUT2D eigenvalue weighted by Crippen LogP contribution is 2.26. The topological polar surface area (TPSA) is 26.0 Å². The van der Waals surface area contributed by atoms with Gasteiger partial charge in [-0.3, -0.25) is 0 Å². The molecule has 0 aromatic rings. The lowest BCUT2D eigenvalue weighted by Gasteiger charge is -2.23. The Hall–Kier alpha value is 0.310. The molecule has 0 bridgehead atoms. The summed E-state index contributed by atoms with van der Waals surface area (Å²) in [6.07, 6.45) is 2.49. The van der Waals surface area contributed by atoms with E-state index in [4.69, 9.17) is 5.73 Å². The van der Waals surface area contributed by atoms with Gasteiger partial charge < -0.3 is 5.73 Å². The normalized spacial score (nSPS) is 18.8. The van der Waals surface area contributed by atoms with Crippen LogP contribution in [-0.2, 0) is 0 Å². The van der Waals surface area contributed by atoms with Gasteiger partial charge in [0.1, 0.15) is 0 Å². The van der Waals surface area contributed by atoms with Gasteiger partial charge in [0.2, 0.25) is 0 Å². The van der Waals surface area contributed by atoms with Gasteiger partial charge >= 0.3 is 0 Å². The summed E-state index contributed by atoms with van der Waals surface area (Å²) in [5, 5.41) is 1.41. The minimum Gasteiger partial charge on any atom is -0.329 e. The molecule has 0 radical (unpaired) electrons. The fourth-order valence-electron chi connectivity index (χ4n) is 1.08. The molecule has 0 fully saturated rings. The van der Waals surface area contributed by atoms with Gasteiger partial charge in [0, 0.05) is 17.0 Å². The van der Waals surface area contributed by atoms with Crippen molar-refractivity contribution in [1.29, 1.82) is 0 Å². The summed E-state index contributed by atoms with van der Waals surface area (Å²) in [6, 6.07) is 0. The molecule has 74 valence electrons. The first kappa shape index (κ1) is 12.3. The van der Waals surface area contributed by atoms with Gasteiger partial charge in [-0.1, -0.05) is 34.1 Å². The van der Waals surface area contributed by atoms with E-state index in [1.54, 1.807) is 0 Å². The number of rotatable bonds is 6. The van der Waals surface area contributed by atoms with Crippen LogP contribution in [0.5, 0.6) is 0 Å². The van der Waals surface area contributed by atoms with E-state index in [-0.39, 0.29) is 0 Å². The summed E-state index contributed by atoms with van der Waals surface area (Å²) >= 11 is 2.05. The van der Waals surface area contributed by atoms with Crippen LogP contribution in [0.4, 0.5) is 0 Å². The summed E-state index contributed by atoms with van der Waals surface area (Å²) in [5.74, 6) is 0.758. The maximum atomic E-state index is 5.73. The zero-order valence-corrected chi connectivity index (χ0v) is 9.66. The highest BCUT2D eigenvalue weighted by atomic mass is 32.2. The molecular formula is C10H23NS. The van der Waals surface area contributed by atoms with E-state index in [9.17, 15) is 0 Å². The van der Waals surface area contributed by atoms with Crippen LogP contribution in [0.15, 0.2) is 0 Å². The maximum Gasteiger partial charge on any atom is 0.0198 e. The molecule has 12 heavy (non-hydrogen) atoms. The van der Waals surface area contributed by atoms with Crippen LogP contribution in [0.25, 0.3) is 0 Å². The largest absolute Gasteiger partial charge is 0.329 e. The minimum absolute atomic E-state index is 0.657. The van der Waals surface area contributed by atoms with Gasteiger partial charge in [0.05, 0.1) is 0 Å². The number of hydrogen-bond acceptors (Lipinski definition) is 2. The van der Waals surface area contributed by atoms with Crippen molar-refractivity contribution in [1.82, 2.24) is 0 Å². The average molecular weight is 189 g/mol. The molecule has 0 spiro atoms. The molecule has 0 saturated carbocycles. The lowest BCUT2D eigenvalue weighted by Crippen LogP contribution is -2.25. The fraction of sp³-hybridized carbons (Fsp3) is 1.00. The quantitative estimate of drug-likeness (QED) is 0.695. The Balaban J connectivity index is 3.81. The maximum absolute atomic E-state index is 5.73.